The predicted molar refractivity (Wildman–Crippen MR) is 81.2 cm³/mol. The van der Waals surface area contributed by atoms with Crippen molar-refractivity contribution in [2.75, 3.05) is 45.9 Å². The summed E-state index contributed by atoms with van der Waals surface area (Å²) in [6.07, 6.45) is 4.86. The first-order valence-corrected chi connectivity index (χ1v) is 8.43. The summed E-state index contributed by atoms with van der Waals surface area (Å²) >= 11 is 0. The number of rotatable bonds is 4. The van der Waals surface area contributed by atoms with Crippen molar-refractivity contribution in [3.63, 3.8) is 0 Å². The molecule has 2 heterocycles. The molecule has 1 unspecified atom stereocenters. The maximum Gasteiger partial charge on any atom is 0.168 e. The van der Waals surface area contributed by atoms with Gasteiger partial charge in [0.15, 0.2) is 5.79 Å². The lowest BCUT2D eigenvalue weighted by molar-refractivity contribution is -0.163. The molecule has 0 aromatic heterocycles. The van der Waals surface area contributed by atoms with Crippen LogP contribution in [-0.2, 0) is 9.47 Å². The Morgan fingerprint density at radius 2 is 1.71 bits per heavy atom. The van der Waals surface area contributed by atoms with Gasteiger partial charge in [0.2, 0.25) is 0 Å². The molecular weight excluding hydrogens is 268 g/mol. The fourth-order valence-electron chi connectivity index (χ4n) is 3.85. The van der Waals surface area contributed by atoms with Gasteiger partial charge in [0.1, 0.15) is 0 Å². The second kappa shape index (κ2) is 6.13. The maximum absolute atomic E-state index is 9.89. The molecule has 1 saturated carbocycles. The van der Waals surface area contributed by atoms with Crippen LogP contribution in [0.15, 0.2) is 0 Å². The topological polar surface area (TPSA) is 45.2 Å². The van der Waals surface area contributed by atoms with Gasteiger partial charge in [0.05, 0.1) is 18.3 Å². The molecule has 5 heteroatoms. The lowest BCUT2D eigenvalue weighted by atomic mass is 10.1. The third kappa shape index (κ3) is 4.17. The molecule has 0 bridgehead atoms. The van der Waals surface area contributed by atoms with Crippen LogP contribution in [0.2, 0.25) is 0 Å². The van der Waals surface area contributed by atoms with Gasteiger partial charge < -0.3 is 14.6 Å². The van der Waals surface area contributed by atoms with E-state index < -0.39 is 5.60 Å². The number of aliphatic hydroxyl groups is 1. The van der Waals surface area contributed by atoms with Gasteiger partial charge in [0.25, 0.3) is 0 Å². The fraction of sp³-hybridized carbons (Fsp3) is 1.00. The summed E-state index contributed by atoms with van der Waals surface area (Å²) in [5.74, 6) is -0.229. The molecule has 2 saturated heterocycles. The van der Waals surface area contributed by atoms with Crippen LogP contribution in [0, 0.1) is 0 Å². The van der Waals surface area contributed by atoms with Crippen LogP contribution in [-0.4, -0.2) is 78.3 Å². The van der Waals surface area contributed by atoms with Crippen molar-refractivity contribution in [2.24, 2.45) is 0 Å². The first-order valence-electron chi connectivity index (χ1n) is 8.43. The van der Waals surface area contributed by atoms with Crippen molar-refractivity contribution in [1.29, 1.82) is 0 Å². The first-order chi connectivity index (χ1) is 9.94. The van der Waals surface area contributed by atoms with Gasteiger partial charge in [-0.2, -0.15) is 0 Å². The quantitative estimate of drug-likeness (QED) is 0.841. The Bertz CT molecular complexity index is 342. The van der Waals surface area contributed by atoms with E-state index >= 15 is 0 Å². The molecule has 3 aliphatic rings. The zero-order chi connectivity index (χ0) is 14.9. The van der Waals surface area contributed by atoms with Crippen molar-refractivity contribution in [2.45, 2.75) is 57.0 Å². The minimum atomic E-state index is -0.598. The Morgan fingerprint density at radius 3 is 2.33 bits per heavy atom. The Morgan fingerprint density at radius 1 is 1.10 bits per heavy atom. The van der Waals surface area contributed by atoms with E-state index in [4.69, 9.17) is 9.47 Å². The summed E-state index contributed by atoms with van der Waals surface area (Å²) < 4.78 is 12.2. The van der Waals surface area contributed by atoms with E-state index in [9.17, 15) is 5.11 Å². The summed E-state index contributed by atoms with van der Waals surface area (Å²) in [7, 11) is 0. The van der Waals surface area contributed by atoms with Crippen molar-refractivity contribution in [1.82, 2.24) is 9.80 Å². The molecule has 5 nitrogen and oxygen atoms in total. The third-order valence-electron chi connectivity index (χ3n) is 4.82. The highest BCUT2D eigenvalue weighted by Gasteiger charge is 2.44. The number of hydrogen-bond acceptors (Lipinski definition) is 5. The number of piperazine rings is 1. The molecule has 0 aromatic carbocycles. The molecule has 1 atom stereocenters. The van der Waals surface area contributed by atoms with Crippen molar-refractivity contribution < 1.29 is 14.6 Å². The van der Waals surface area contributed by atoms with E-state index in [1.807, 2.05) is 13.8 Å². The second-order valence-electron chi connectivity index (χ2n) is 7.56. The molecular formula is C16H30N2O3. The Balaban J connectivity index is 1.40. The number of nitrogens with zero attached hydrogens (tertiary/aromatic N) is 2. The first kappa shape index (κ1) is 15.7. The SMILES string of the molecule is CC(C)(O)CN1CCN(CC2COC3(CCCC3)O2)CC1. The number of β-amino-alcohol motifs (C(OH)–C–C–N with tert-alkyl or cyclic N) is 1. The van der Waals surface area contributed by atoms with E-state index in [1.54, 1.807) is 0 Å². The third-order valence-corrected chi connectivity index (χ3v) is 4.82. The van der Waals surface area contributed by atoms with Crippen LogP contribution >= 0.6 is 0 Å². The van der Waals surface area contributed by atoms with E-state index in [0.29, 0.717) is 0 Å². The van der Waals surface area contributed by atoms with Gasteiger partial charge in [-0.25, -0.2) is 0 Å². The Kier molecular flexibility index (Phi) is 4.58. The van der Waals surface area contributed by atoms with Crippen LogP contribution in [0.25, 0.3) is 0 Å². The molecule has 122 valence electrons. The fourth-order valence-corrected chi connectivity index (χ4v) is 3.85. The average Bonchev–Trinajstić information content (AvgIpc) is 3.01. The number of hydrogen-bond donors (Lipinski definition) is 1. The van der Waals surface area contributed by atoms with Gasteiger partial charge in [0, 0.05) is 52.1 Å². The molecule has 1 N–H and O–H groups in total. The average molecular weight is 298 g/mol. The summed E-state index contributed by atoms with van der Waals surface area (Å²) in [6, 6.07) is 0. The highest BCUT2D eigenvalue weighted by Crippen LogP contribution is 2.39. The van der Waals surface area contributed by atoms with Crippen LogP contribution in [0.5, 0.6) is 0 Å². The monoisotopic (exact) mass is 298 g/mol. The standard InChI is InChI=1S/C16H30N2O3/c1-15(2,19)13-18-9-7-17(8-10-18)11-14-12-20-16(21-14)5-3-4-6-16/h14,19H,3-13H2,1-2H3. The van der Waals surface area contributed by atoms with Gasteiger partial charge in [-0.15, -0.1) is 0 Å². The maximum atomic E-state index is 9.89. The minimum Gasteiger partial charge on any atom is -0.389 e. The largest absolute Gasteiger partial charge is 0.389 e. The van der Waals surface area contributed by atoms with Crippen LogP contribution in [0.1, 0.15) is 39.5 Å². The van der Waals surface area contributed by atoms with Gasteiger partial charge in [-0.1, -0.05) is 0 Å². The lowest BCUT2D eigenvalue weighted by Crippen LogP contribution is -2.52. The summed E-state index contributed by atoms with van der Waals surface area (Å²) in [6.45, 7) is 10.4. The highest BCUT2D eigenvalue weighted by molar-refractivity contribution is 4.86. The van der Waals surface area contributed by atoms with Crippen LogP contribution in [0.3, 0.4) is 0 Å². The Hall–Kier alpha value is -0.200. The van der Waals surface area contributed by atoms with E-state index in [1.165, 1.54) is 12.8 Å². The van der Waals surface area contributed by atoms with E-state index in [0.717, 1.165) is 58.7 Å². The van der Waals surface area contributed by atoms with Gasteiger partial charge in [-0.3, -0.25) is 9.80 Å². The lowest BCUT2D eigenvalue weighted by Gasteiger charge is -2.38. The highest BCUT2D eigenvalue weighted by atomic mass is 16.7. The van der Waals surface area contributed by atoms with E-state index in [-0.39, 0.29) is 11.9 Å². The van der Waals surface area contributed by atoms with Gasteiger partial charge in [-0.05, 0) is 26.7 Å². The number of ether oxygens (including phenoxy) is 2. The molecule has 0 aromatic rings. The van der Waals surface area contributed by atoms with Crippen molar-refractivity contribution in [3.05, 3.63) is 0 Å². The minimum absolute atomic E-state index is 0.229. The summed E-state index contributed by atoms with van der Waals surface area (Å²) in [4.78, 5) is 4.82. The zero-order valence-electron chi connectivity index (χ0n) is 13.5. The van der Waals surface area contributed by atoms with Crippen molar-refractivity contribution >= 4 is 0 Å². The molecule has 21 heavy (non-hydrogen) atoms. The molecule has 0 amide bonds. The van der Waals surface area contributed by atoms with E-state index in [2.05, 4.69) is 9.80 Å². The van der Waals surface area contributed by atoms with Crippen molar-refractivity contribution in [3.8, 4) is 0 Å². The molecule has 3 fully saturated rings. The molecule has 3 rings (SSSR count). The Labute approximate surface area is 128 Å². The molecule has 1 aliphatic carbocycles. The zero-order valence-corrected chi connectivity index (χ0v) is 13.5. The smallest absolute Gasteiger partial charge is 0.168 e. The van der Waals surface area contributed by atoms with Gasteiger partial charge >= 0.3 is 0 Å². The van der Waals surface area contributed by atoms with Crippen LogP contribution < -0.4 is 0 Å². The summed E-state index contributed by atoms with van der Waals surface area (Å²) in [5.41, 5.74) is -0.598. The predicted octanol–water partition coefficient (Wildman–Crippen LogP) is 1.06. The molecule has 0 radical (unpaired) electrons. The normalized spacial score (nSPS) is 31.3. The van der Waals surface area contributed by atoms with Crippen LogP contribution in [0.4, 0.5) is 0 Å². The molecule has 2 aliphatic heterocycles. The second-order valence-corrected chi connectivity index (χ2v) is 7.56. The summed E-state index contributed by atoms with van der Waals surface area (Å²) in [5, 5.41) is 9.89. The molecule has 1 spiro atoms.